The van der Waals surface area contributed by atoms with Crippen LogP contribution in [0.4, 0.5) is 0 Å². The Bertz CT molecular complexity index is 589. The van der Waals surface area contributed by atoms with E-state index in [2.05, 4.69) is 18.8 Å². The van der Waals surface area contributed by atoms with Gasteiger partial charge in [0.25, 0.3) is 5.91 Å². The highest BCUT2D eigenvalue weighted by Crippen LogP contribution is 2.20. The lowest BCUT2D eigenvalue weighted by atomic mass is 10.1. The number of unbranched alkanes of at least 4 members (excludes halogenated alkanes) is 3. The van der Waals surface area contributed by atoms with Crippen molar-refractivity contribution in [2.45, 2.75) is 56.1 Å². The van der Waals surface area contributed by atoms with Gasteiger partial charge in [-0.2, -0.15) is 0 Å². The zero-order chi connectivity index (χ0) is 17.8. The molecular weight excluding hydrogens is 326 g/mol. The molecule has 1 aromatic carbocycles. The molecule has 0 bridgehead atoms. The number of benzene rings is 1. The van der Waals surface area contributed by atoms with Crippen LogP contribution in [0, 0.1) is 11.8 Å². The lowest BCUT2D eigenvalue weighted by Gasteiger charge is -2.15. The second-order valence-electron chi connectivity index (χ2n) is 5.30. The molecular formula is C18H25NO4S. The predicted octanol–water partition coefficient (Wildman–Crippen LogP) is 3.04. The van der Waals surface area contributed by atoms with Gasteiger partial charge in [-0.25, -0.2) is 5.48 Å². The SMILES string of the molecule is CC#CCOc1ccc([S@@](=O)[C@@H](CCCCCC)C(=O)NO)cc1. The Morgan fingerprint density at radius 2 is 2.00 bits per heavy atom. The molecule has 0 aliphatic rings. The first-order valence-electron chi connectivity index (χ1n) is 8.11. The Morgan fingerprint density at radius 1 is 1.29 bits per heavy atom. The lowest BCUT2D eigenvalue weighted by molar-refractivity contribution is -0.128. The quantitative estimate of drug-likeness (QED) is 0.294. The summed E-state index contributed by atoms with van der Waals surface area (Å²) in [5.41, 5.74) is 1.63. The van der Waals surface area contributed by atoms with Gasteiger partial charge in [0.05, 0.1) is 10.8 Å². The summed E-state index contributed by atoms with van der Waals surface area (Å²) >= 11 is 0. The monoisotopic (exact) mass is 351 g/mol. The molecule has 0 unspecified atom stereocenters. The molecule has 0 fully saturated rings. The molecule has 6 heteroatoms. The number of carbonyl (C=O) groups is 1. The molecule has 0 saturated carbocycles. The van der Waals surface area contributed by atoms with Crippen LogP contribution in [0.1, 0.15) is 46.0 Å². The van der Waals surface area contributed by atoms with Gasteiger partial charge in [-0.3, -0.25) is 14.2 Å². The molecule has 1 rings (SSSR count). The van der Waals surface area contributed by atoms with Crippen molar-refractivity contribution in [3.05, 3.63) is 24.3 Å². The summed E-state index contributed by atoms with van der Waals surface area (Å²) in [6.07, 6.45) is 4.42. The van der Waals surface area contributed by atoms with E-state index in [0.29, 0.717) is 23.7 Å². The highest BCUT2D eigenvalue weighted by atomic mass is 32.2. The molecule has 0 spiro atoms. The number of hydroxylamine groups is 1. The molecule has 2 atom stereocenters. The molecule has 132 valence electrons. The standard InChI is InChI=1S/C18H25NO4S/c1-3-5-7-8-9-17(18(20)19-21)24(22)16-12-10-15(11-13-16)23-14-6-4-2/h10-13,17,21H,3,5,7-9,14H2,1-2H3,(H,19,20)/t17-,24+/m0/s1. The summed E-state index contributed by atoms with van der Waals surface area (Å²) in [4.78, 5) is 12.4. The Labute approximate surface area is 146 Å². The van der Waals surface area contributed by atoms with Crippen molar-refractivity contribution in [1.29, 1.82) is 0 Å². The Hall–Kier alpha value is -1.84. The zero-order valence-corrected chi connectivity index (χ0v) is 15.0. The zero-order valence-electron chi connectivity index (χ0n) is 14.2. The van der Waals surface area contributed by atoms with E-state index in [1.807, 2.05) is 0 Å². The summed E-state index contributed by atoms with van der Waals surface area (Å²) < 4.78 is 18.1. The Balaban J connectivity index is 2.73. The van der Waals surface area contributed by atoms with E-state index < -0.39 is 22.0 Å². The number of amides is 1. The van der Waals surface area contributed by atoms with Crippen LogP contribution in [0.2, 0.25) is 0 Å². The van der Waals surface area contributed by atoms with E-state index in [-0.39, 0.29) is 0 Å². The van der Waals surface area contributed by atoms with Gasteiger partial charge in [0.1, 0.15) is 17.6 Å². The molecule has 0 heterocycles. The molecule has 1 aromatic rings. The van der Waals surface area contributed by atoms with Crippen molar-refractivity contribution in [2.75, 3.05) is 6.61 Å². The predicted molar refractivity (Wildman–Crippen MR) is 94.3 cm³/mol. The highest BCUT2D eigenvalue weighted by Gasteiger charge is 2.25. The van der Waals surface area contributed by atoms with Gasteiger partial charge in [0.15, 0.2) is 0 Å². The minimum absolute atomic E-state index is 0.298. The average Bonchev–Trinajstić information content (AvgIpc) is 2.61. The van der Waals surface area contributed by atoms with Crippen LogP contribution in [0.3, 0.4) is 0 Å². The first-order chi connectivity index (χ1) is 11.6. The van der Waals surface area contributed by atoms with Crippen molar-refractivity contribution < 1.29 is 18.9 Å². The van der Waals surface area contributed by atoms with Crippen molar-refractivity contribution >= 4 is 16.7 Å². The second kappa shape index (κ2) is 11.7. The Morgan fingerprint density at radius 3 is 2.58 bits per heavy atom. The fourth-order valence-electron chi connectivity index (χ4n) is 2.19. The number of hydrogen-bond acceptors (Lipinski definition) is 4. The number of nitrogens with one attached hydrogen (secondary N) is 1. The molecule has 0 aliphatic carbocycles. The van der Waals surface area contributed by atoms with E-state index in [1.54, 1.807) is 36.7 Å². The van der Waals surface area contributed by atoms with Crippen molar-refractivity contribution in [1.82, 2.24) is 5.48 Å². The highest BCUT2D eigenvalue weighted by molar-refractivity contribution is 7.86. The first-order valence-corrected chi connectivity index (χ1v) is 9.32. The normalized spacial score (nSPS) is 12.6. The summed E-state index contributed by atoms with van der Waals surface area (Å²) in [7, 11) is -1.53. The number of hydrogen-bond donors (Lipinski definition) is 2. The molecule has 0 aromatic heterocycles. The van der Waals surface area contributed by atoms with Crippen molar-refractivity contribution in [2.24, 2.45) is 0 Å². The van der Waals surface area contributed by atoms with E-state index in [0.717, 1.165) is 25.7 Å². The molecule has 0 aliphatic heterocycles. The molecule has 0 saturated heterocycles. The van der Waals surface area contributed by atoms with E-state index >= 15 is 0 Å². The van der Waals surface area contributed by atoms with E-state index in [9.17, 15) is 9.00 Å². The van der Waals surface area contributed by atoms with Crippen LogP contribution in [-0.4, -0.2) is 27.2 Å². The fraction of sp³-hybridized carbons (Fsp3) is 0.500. The summed E-state index contributed by atoms with van der Waals surface area (Å²) in [5.74, 6) is 5.55. The minimum Gasteiger partial charge on any atom is -0.481 e. The number of rotatable bonds is 10. The fourth-order valence-corrected chi connectivity index (χ4v) is 3.55. The summed E-state index contributed by atoms with van der Waals surface area (Å²) in [6.45, 7) is 4.14. The molecule has 1 amide bonds. The van der Waals surface area contributed by atoms with Crippen LogP contribution in [0.15, 0.2) is 29.2 Å². The average molecular weight is 351 g/mol. The van der Waals surface area contributed by atoms with E-state index in [4.69, 9.17) is 9.94 Å². The molecule has 0 radical (unpaired) electrons. The third-order valence-electron chi connectivity index (χ3n) is 3.52. The second-order valence-corrected chi connectivity index (χ2v) is 6.93. The van der Waals surface area contributed by atoms with Gasteiger partial charge in [-0.05, 0) is 37.6 Å². The van der Waals surface area contributed by atoms with Crippen LogP contribution in [-0.2, 0) is 15.6 Å². The summed E-state index contributed by atoms with van der Waals surface area (Å²) in [6, 6.07) is 6.76. The maximum absolute atomic E-state index is 12.7. The van der Waals surface area contributed by atoms with Gasteiger partial charge in [-0.1, -0.05) is 38.5 Å². The third kappa shape index (κ3) is 6.73. The van der Waals surface area contributed by atoms with Gasteiger partial charge in [-0.15, -0.1) is 5.92 Å². The molecule has 2 N–H and O–H groups in total. The maximum atomic E-state index is 12.7. The molecule has 5 nitrogen and oxygen atoms in total. The van der Waals surface area contributed by atoms with Crippen LogP contribution in [0.25, 0.3) is 0 Å². The lowest BCUT2D eigenvalue weighted by Crippen LogP contribution is -2.35. The third-order valence-corrected chi connectivity index (χ3v) is 5.23. The van der Waals surface area contributed by atoms with Gasteiger partial charge in [0, 0.05) is 4.90 Å². The maximum Gasteiger partial charge on any atom is 0.259 e. The van der Waals surface area contributed by atoms with Crippen LogP contribution >= 0.6 is 0 Å². The topological polar surface area (TPSA) is 75.6 Å². The van der Waals surface area contributed by atoms with Crippen molar-refractivity contribution in [3.63, 3.8) is 0 Å². The summed E-state index contributed by atoms with van der Waals surface area (Å²) in [5, 5.41) is 8.14. The first kappa shape index (κ1) is 20.2. The van der Waals surface area contributed by atoms with Gasteiger partial charge >= 0.3 is 0 Å². The van der Waals surface area contributed by atoms with Crippen molar-refractivity contribution in [3.8, 4) is 17.6 Å². The van der Waals surface area contributed by atoms with E-state index in [1.165, 1.54) is 0 Å². The Kier molecular flexibility index (Phi) is 9.81. The number of ether oxygens (including phenoxy) is 1. The number of carbonyl (C=O) groups excluding carboxylic acids is 1. The largest absolute Gasteiger partial charge is 0.481 e. The minimum atomic E-state index is -1.53. The molecule has 24 heavy (non-hydrogen) atoms. The van der Waals surface area contributed by atoms with Gasteiger partial charge in [0.2, 0.25) is 0 Å². The smallest absolute Gasteiger partial charge is 0.259 e. The van der Waals surface area contributed by atoms with Gasteiger partial charge < -0.3 is 4.74 Å². The van der Waals surface area contributed by atoms with Crippen LogP contribution in [0.5, 0.6) is 5.75 Å². The van der Waals surface area contributed by atoms with Crippen LogP contribution < -0.4 is 10.2 Å².